The minimum absolute atomic E-state index is 0.0929. The number of hydrogen-bond acceptors (Lipinski definition) is 5. The van der Waals surface area contributed by atoms with E-state index in [0.29, 0.717) is 42.4 Å². The van der Waals surface area contributed by atoms with Crippen LogP contribution in [-0.4, -0.2) is 66.0 Å². The molecule has 27 heavy (non-hydrogen) atoms. The minimum Gasteiger partial charge on any atom is -0.496 e. The Morgan fingerprint density at radius 3 is 2.11 bits per heavy atom. The van der Waals surface area contributed by atoms with Crippen molar-refractivity contribution in [3.63, 3.8) is 0 Å². The van der Waals surface area contributed by atoms with Crippen LogP contribution in [0.15, 0.2) is 30.3 Å². The summed E-state index contributed by atoms with van der Waals surface area (Å²) in [5.74, 6) is -0.661. The molecule has 0 unspecified atom stereocenters. The lowest BCUT2D eigenvalue weighted by Crippen LogP contribution is -2.50. The number of carboxylic acids is 1. The average Bonchev–Trinajstić information content (AvgIpc) is 3.18. The van der Waals surface area contributed by atoms with Gasteiger partial charge >= 0.3 is 5.97 Å². The number of carboxylic acid groups (broad SMARTS) is 1. The molecule has 0 bridgehead atoms. The highest BCUT2D eigenvalue weighted by Crippen LogP contribution is 2.22. The molecule has 1 fully saturated rings. The van der Waals surface area contributed by atoms with Crippen molar-refractivity contribution in [2.24, 2.45) is 0 Å². The van der Waals surface area contributed by atoms with Crippen molar-refractivity contribution in [1.82, 2.24) is 9.80 Å². The van der Waals surface area contributed by atoms with E-state index in [9.17, 15) is 14.4 Å². The molecule has 1 aromatic carbocycles. The number of carbonyl (C=O) groups is 3. The van der Waals surface area contributed by atoms with E-state index < -0.39 is 5.97 Å². The largest absolute Gasteiger partial charge is 0.496 e. The molecule has 2 amide bonds. The van der Waals surface area contributed by atoms with Crippen molar-refractivity contribution in [2.75, 3.05) is 33.3 Å². The molecule has 8 heteroatoms. The quantitative estimate of drug-likeness (QED) is 0.869. The first-order chi connectivity index (χ1) is 12.9. The summed E-state index contributed by atoms with van der Waals surface area (Å²) in [5.41, 5.74) is 1.52. The molecule has 0 atom stereocenters. The van der Waals surface area contributed by atoms with Crippen molar-refractivity contribution < 1.29 is 24.2 Å². The fourth-order valence-corrected chi connectivity index (χ4v) is 3.78. The van der Waals surface area contributed by atoms with E-state index in [4.69, 9.17) is 9.84 Å². The van der Waals surface area contributed by atoms with Crippen molar-refractivity contribution in [3.8, 4) is 5.75 Å². The molecule has 0 aliphatic carbocycles. The number of rotatable bonds is 4. The molecule has 2 aromatic rings. The summed E-state index contributed by atoms with van der Waals surface area (Å²) in [5, 5.41) is 8.98. The van der Waals surface area contributed by atoms with Gasteiger partial charge in [0.25, 0.3) is 11.8 Å². The Morgan fingerprint density at radius 2 is 1.56 bits per heavy atom. The number of benzene rings is 1. The van der Waals surface area contributed by atoms with Crippen molar-refractivity contribution in [3.05, 3.63) is 51.2 Å². The van der Waals surface area contributed by atoms with Gasteiger partial charge in [0.05, 0.1) is 12.0 Å². The van der Waals surface area contributed by atoms with Crippen LogP contribution in [0.4, 0.5) is 0 Å². The van der Waals surface area contributed by atoms with Gasteiger partial charge in [0.2, 0.25) is 0 Å². The maximum Gasteiger partial charge on any atom is 0.345 e. The second-order valence-corrected chi connectivity index (χ2v) is 7.32. The number of piperazine rings is 1. The average molecular weight is 388 g/mol. The number of aromatic carboxylic acids is 1. The van der Waals surface area contributed by atoms with Gasteiger partial charge in [-0.25, -0.2) is 4.79 Å². The van der Waals surface area contributed by atoms with E-state index in [2.05, 4.69) is 0 Å². The van der Waals surface area contributed by atoms with Gasteiger partial charge < -0.3 is 19.6 Å². The molecule has 1 N–H and O–H groups in total. The lowest BCUT2D eigenvalue weighted by molar-refractivity contribution is 0.0538. The summed E-state index contributed by atoms with van der Waals surface area (Å²) in [6.45, 7) is 3.59. The van der Waals surface area contributed by atoms with E-state index >= 15 is 0 Å². The maximum absolute atomic E-state index is 12.7. The zero-order chi connectivity index (χ0) is 19.6. The van der Waals surface area contributed by atoms with Crippen LogP contribution in [0.5, 0.6) is 5.75 Å². The minimum atomic E-state index is -1.04. The van der Waals surface area contributed by atoms with Gasteiger partial charge in [-0.05, 0) is 36.8 Å². The van der Waals surface area contributed by atoms with Crippen molar-refractivity contribution in [1.29, 1.82) is 0 Å². The lowest BCUT2D eigenvalue weighted by Gasteiger charge is -2.34. The molecule has 0 radical (unpaired) electrons. The molecule has 1 aliphatic rings. The molecule has 1 aromatic heterocycles. The number of carbonyl (C=O) groups excluding carboxylic acids is 2. The van der Waals surface area contributed by atoms with Crippen LogP contribution in [0.1, 0.15) is 35.3 Å². The highest BCUT2D eigenvalue weighted by atomic mass is 32.1. The Labute approximate surface area is 160 Å². The number of aryl methyl sites for hydroxylation is 1. The summed E-state index contributed by atoms with van der Waals surface area (Å²) in [7, 11) is 1.57. The third kappa shape index (κ3) is 3.95. The Morgan fingerprint density at radius 1 is 0.963 bits per heavy atom. The summed E-state index contributed by atoms with van der Waals surface area (Å²) in [6.07, 6.45) is 0. The number of nitrogens with zero attached hydrogens (tertiary/aromatic N) is 2. The standard InChI is InChI=1S/C19H20N2O5S/c1-12-3-4-13(11-14(12)26-2)17(22)20-7-9-21(10-8-20)18(23)15-5-6-16(27-15)19(24)25/h3-6,11H,7-10H2,1-2H3,(H,24,25). The Balaban J connectivity index is 1.63. The molecule has 3 rings (SSSR count). The number of methoxy groups -OCH3 is 1. The summed E-state index contributed by atoms with van der Waals surface area (Å²) in [4.78, 5) is 40.1. The second kappa shape index (κ2) is 7.79. The van der Waals surface area contributed by atoms with E-state index in [1.54, 1.807) is 29.0 Å². The van der Waals surface area contributed by atoms with Crippen LogP contribution in [0.3, 0.4) is 0 Å². The molecule has 1 saturated heterocycles. The molecule has 0 spiro atoms. The fourth-order valence-electron chi connectivity index (χ4n) is 2.97. The molecule has 0 saturated carbocycles. The van der Waals surface area contributed by atoms with Crippen LogP contribution in [-0.2, 0) is 0 Å². The highest BCUT2D eigenvalue weighted by Gasteiger charge is 2.27. The zero-order valence-corrected chi connectivity index (χ0v) is 15.9. The number of hydrogen-bond donors (Lipinski definition) is 1. The zero-order valence-electron chi connectivity index (χ0n) is 15.1. The third-order valence-corrected chi connectivity index (χ3v) is 5.60. The molecule has 2 heterocycles. The fraction of sp³-hybridized carbons (Fsp3) is 0.316. The van der Waals surface area contributed by atoms with E-state index in [1.807, 2.05) is 13.0 Å². The Hall–Kier alpha value is -2.87. The lowest BCUT2D eigenvalue weighted by atomic mass is 10.1. The van der Waals surface area contributed by atoms with E-state index in [-0.39, 0.29) is 16.7 Å². The summed E-state index contributed by atoms with van der Waals surface area (Å²) in [6, 6.07) is 8.32. The van der Waals surface area contributed by atoms with E-state index in [0.717, 1.165) is 16.9 Å². The van der Waals surface area contributed by atoms with Gasteiger partial charge in [0, 0.05) is 31.7 Å². The van der Waals surface area contributed by atoms with Crippen LogP contribution >= 0.6 is 11.3 Å². The SMILES string of the molecule is COc1cc(C(=O)N2CCN(C(=O)c3ccc(C(=O)O)s3)CC2)ccc1C. The topological polar surface area (TPSA) is 87.2 Å². The van der Waals surface area contributed by atoms with E-state index in [1.165, 1.54) is 12.1 Å². The van der Waals surface area contributed by atoms with Crippen LogP contribution in [0, 0.1) is 6.92 Å². The van der Waals surface area contributed by atoms with Gasteiger partial charge in [-0.3, -0.25) is 9.59 Å². The monoisotopic (exact) mass is 388 g/mol. The molecular formula is C19H20N2O5S. The normalized spacial score (nSPS) is 14.1. The maximum atomic E-state index is 12.7. The molecule has 1 aliphatic heterocycles. The smallest absolute Gasteiger partial charge is 0.345 e. The molecular weight excluding hydrogens is 368 g/mol. The van der Waals surface area contributed by atoms with Crippen LogP contribution in [0.2, 0.25) is 0 Å². The summed E-state index contributed by atoms with van der Waals surface area (Å²) < 4.78 is 5.28. The highest BCUT2D eigenvalue weighted by molar-refractivity contribution is 7.15. The number of amides is 2. The Kier molecular flexibility index (Phi) is 5.46. The first-order valence-corrected chi connectivity index (χ1v) is 9.28. The van der Waals surface area contributed by atoms with Crippen molar-refractivity contribution >= 4 is 29.1 Å². The summed E-state index contributed by atoms with van der Waals surface area (Å²) >= 11 is 0.967. The van der Waals surface area contributed by atoms with Gasteiger partial charge in [0.15, 0.2) is 0 Å². The third-order valence-electron chi connectivity index (χ3n) is 4.54. The van der Waals surface area contributed by atoms with Gasteiger partial charge in [-0.1, -0.05) is 6.07 Å². The van der Waals surface area contributed by atoms with Gasteiger partial charge in [-0.15, -0.1) is 11.3 Å². The predicted molar refractivity (Wildman–Crippen MR) is 101 cm³/mol. The van der Waals surface area contributed by atoms with Gasteiger partial charge in [0.1, 0.15) is 10.6 Å². The molecule has 7 nitrogen and oxygen atoms in total. The van der Waals surface area contributed by atoms with Crippen LogP contribution in [0.25, 0.3) is 0 Å². The predicted octanol–water partition coefficient (Wildman–Crippen LogP) is 2.36. The van der Waals surface area contributed by atoms with Gasteiger partial charge in [-0.2, -0.15) is 0 Å². The van der Waals surface area contributed by atoms with Crippen LogP contribution < -0.4 is 4.74 Å². The number of thiophene rings is 1. The first-order valence-electron chi connectivity index (χ1n) is 8.47. The second-order valence-electron chi connectivity index (χ2n) is 6.24. The molecule has 142 valence electrons. The Bertz CT molecular complexity index is 884. The number of ether oxygens (including phenoxy) is 1. The van der Waals surface area contributed by atoms with Crippen molar-refractivity contribution in [2.45, 2.75) is 6.92 Å². The first kappa shape index (κ1) is 18.9.